The largest absolute Gasteiger partial charge is 0.368 e. The van der Waals surface area contributed by atoms with Gasteiger partial charge in [-0.25, -0.2) is 0 Å². The van der Waals surface area contributed by atoms with Gasteiger partial charge in [-0.05, 0) is 75.0 Å². The first-order valence-electron chi connectivity index (χ1n) is 12.7. The fourth-order valence-electron chi connectivity index (χ4n) is 5.79. The molecule has 2 aliphatic rings. The lowest BCUT2D eigenvalue weighted by molar-refractivity contribution is -0.122. The van der Waals surface area contributed by atoms with E-state index in [1.54, 1.807) is 6.08 Å². The number of hydrogen-bond donors (Lipinski definition) is 4. The summed E-state index contributed by atoms with van der Waals surface area (Å²) in [4.78, 5) is 18.0. The number of carbonyl (C=O) groups is 1. The number of aromatic amines is 1. The summed E-state index contributed by atoms with van der Waals surface area (Å²) in [6.07, 6.45) is 10.1. The maximum absolute atomic E-state index is 12.4. The number of piperidine rings is 1. The van der Waals surface area contributed by atoms with E-state index in [9.17, 15) is 4.79 Å². The molecule has 6 nitrogen and oxygen atoms in total. The second-order valence-corrected chi connectivity index (χ2v) is 10.5. The van der Waals surface area contributed by atoms with Crippen LogP contribution in [0, 0.1) is 5.92 Å². The fourth-order valence-corrected chi connectivity index (χ4v) is 5.95. The highest BCUT2D eigenvalue weighted by Gasteiger charge is 2.33. The van der Waals surface area contributed by atoms with Gasteiger partial charge in [0.2, 0.25) is 5.91 Å². The number of rotatable bonds is 9. The third kappa shape index (κ3) is 6.30. The Morgan fingerprint density at radius 2 is 1.86 bits per heavy atom. The third-order valence-electron chi connectivity index (χ3n) is 7.62. The number of nitrogens with two attached hydrogens (primary N) is 1. The molecule has 0 bridgehead atoms. The van der Waals surface area contributed by atoms with Crippen LogP contribution in [0.5, 0.6) is 0 Å². The normalized spacial score (nSPS) is 22.7. The summed E-state index contributed by atoms with van der Waals surface area (Å²) in [5.41, 5.74) is 9.41. The van der Waals surface area contributed by atoms with Gasteiger partial charge in [-0.3, -0.25) is 4.79 Å². The highest BCUT2D eigenvalue weighted by Crippen LogP contribution is 2.37. The number of nitrogens with one attached hydrogen (secondary N) is 3. The average molecular weight is 496 g/mol. The number of allylic oxidation sites excluding steroid dienone is 3. The van der Waals surface area contributed by atoms with Gasteiger partial charge in [0.15, 0.2) is 0 Å². The Balaban J connectivity index is 1.28. The molecule has 5 N–H and O–H groups in total. The molecule has 4 rings (SSSR count). The van der Waals surface area contributed by atoms with Gasteiger partial charge in [-0.1, -0.05) is 43.0 Å². The Morgan fingerprint density at radius 1 is 1.17 bits per heavy atom. The van der Waals surface area contributed by atoms with E-state index in [4.69, 9.17) is 17.3 Å². The zero-order valence-electron chi connectivity index (χ0n) is 20.7. The third-order valence-corrected chi connectivity index (χ3v) is 7.73. The maximum Gasteiger partial charge on any atom is 0.234 e. The van der Waals surface area contributed by atoms with Gasteiger partial charge in [-0.2, -0.15) is 0 Å². The number of primary amides is 1. The van der Waals surface area contributed by atoms with Crippen LogP contribution in [-0.2, 0) is 4.79 Å². The Hall–Kier alpha value is -2.70. The molecule has 0 spiro atoms. The Kier molecular flexibility index (Phi) is 8.24. The number of fused-ring (bicyclic) bond motifs is 1. The number of likely N-dealkylation sites (tertiary alicyclic amines) is 1. The summed E-state index contributed by atoms with van der Waals surface area (Å²) in [5, 5.41) is 8.74. The van der Waals surface area contributed by atoms with Gasteiger partial charge in [0.25, 0.3) is 0 Å². The van der Waals surface area contributed by atoms with Crippen molar-refractivity contribution in [1.29, 1.82) is 0 Å². The van der Waals surface area contributed by atoms with Crippen molar-refractivity contribution in [3.05, 3.63) is 71.8 Å². The second-order valence-electron chi connectivity index (χ2n) is 10.1. The van der Waals surface area contributed by atoms with E-state index in [1.807, 2.05) is 6.92 Å². The summed E-state index contributed by atoms with van der Waals surface area (Å²) in [6.45, 7) is 11.5. The first-order chi connectivity index (χ1) is 16.8. The maximum atomic E-state index is 12.4. The average Bonchev–Trinajstić information content (AvgIpc) is 3.26. The zero-order valence-corrected chi connectivity index (χ0v) is 21.4. The lowest BCUT2D eigenvalue weighted by Crippen LogP contribution is -2.53. The molecule has 2 aromatic rings. The van der Waals surface area contributed by atoms with Crippen molar-refractivity contribution in [2.75, 3.05) is 13.1 Å². The zero-order chi connectivity index (χ0) is 24.9. The summed E-state index contributed by atoms with van der Waals surface area (Å²) in [5.74, 6) is 1.40. The molecule has 7 heteroatoms. The van der Waals surface area contributed by atoms with Crippen molar-refractivity contribution in [3.8, 4) is 0 Å². The van der Waals surface area contributed by atoms with E-state index in [-0.39, 0.29) is 17.9 Å². The van der Waals surface area contributed by atoms with Crippen LogP contribution < -0.4 is 16.4 Å². The smallest absolute Gasteiger partial charge is 0.234 e. The minimum Gasteiger partial charge on any atom is -0.368 e. The molecule has 1 atom stereocenters. The molecule has 1 aliphatic heterocycles. The SMILES string of the molecule is C=C(Cl)/C=C(\C)NC(=C)N1CCC(C(NC2CCC(c3c[nH]c4ccccc34)CC2)C(N)=O)CC1. The van der Waals surface area contributed by atoms with Crippen LogP contribution in [0.2, 0.25) is 0 Å². The van der Waals surface area contributed by atoms with Crippen LogP contribution in [0.15, 0.2) is 66.2 Å². The van der Waals surface area contributed by atoms with E-state index in [0.29, 0.717) is 17.0 Å². The minimum atomic E-state index is -0.283. The van der Waals surface area contributed by atoms with Gasteiger partial charge >= 0.3 is 0 Å². The summed E-state index contributed by atoms with van der Waals surface area (Å²) >= 11 is 5.86. The highest BCUT2D eigenvalue weighted by molar-refractivity contribution is 6.30. The van der Waals surface area contributed by atoms with Crippen molar-refractivity contribution in [1.82, 2.24) is 20.5 Å². The van der Waals surface area contributed by atoms with Crippen molar-refractivity contribution in [2.45, 2.75) is 63.5 Å². The summed E-state index contributed by atoms with van der Waals surface area (Å²) in [7, 11) is 0. The first kappa shape index (κ1) is 25.4. The molecular formula is C28H38ClN5O. The molecule has 0 radical (unpaired) electrons. The molecular weight excluding hydrogens is 458 g/mol. The van der Waals surface area contributed by atoms with Gasteiger partial charge in [0.05, 0.1) is 11.9 Å². The van der Waals surface area contributed by atoms with E-state index in [2.05, 4.69) is 64.1 Å². The van der Waals surface area contributed by atoms with Crippen molar-refractivity contribution >= 4 is 28.4 Å². The predicted molar refractivity (Wildman–Crippen MR) is 145 cm³/mol. The van der Waals surface area contributed by atoms with Crippen LogP contribution in [0.25, 0.3) is 10.9 Å². The van der Waals surface area contributed by atoms with Crippen LogP contribution in [-0.4, -0.2) is 41.0 Å². The number of nitrogens with zero attached hydrogens (tertiary/aromatic N) is 1. The molecule has 2 fully saturated rings. The van der Waals surface area contributed by atoms with Crippen LogP contribution >= 0.6 is 11.6 Å². The van der Waals surface area contributed by atoms with Gasteiger partial charge < -0.3 is 26.3 Å². The molecule has 1 aromatic carbocycles. The first-order valence-corrected chi connectivity index (χ1v) is 13.0. The van der Waals surface area contributed by atoms with E-state index >= 15 is 0 Å². The quantitative estimate of drug-likeness (QED) is 0.366. The molecule has 35 heavy (non-hydrogen) atoms. The molecule has 2 heterocycles. The fraction of sp³-hybridized carbons (Fsp3) is 0.464. The van der Waals surface area contributed by atoms with Crippen molar-refractivity contribution in [3.63, 3.8) is 0 Å². The van der Waals surface area contributed by atoms with Gasteiger partial charge in [0.1, 0.15) is 0 Å². The monoisotopic (exact) mass is 495 g/mol. The topological polar surface area (TPSA) is 86.2 Å². The minimum absolute atomic E-state index is 0.237. The number of benzene rings is 1. The Labute approximate surface area is 213 Å². The molecule has 1 unspecified atom stereocenters. The van der Waals surface area contributed by atoms with E-state index in [1.165, 1.54) is 16.5 Å². The molecule has 1 amide bonds. The van der Waals surface area contributed by atoms with Gasteiger partial charge in [-0.15, -0.1) is 0 Å². The van der Waals surface area contributed by atoms with E-state index in [0.717, 1.165) is 63.1 Å². The van der Waals surface area contributed by atoms with Gasteiger partial charge in [0, 0.05) is 47.0 Å². The summed E-state index contributed by atoms with van der Waals surface area (Å²) < 4.78 is 0. The molecule has 1 aromatic heterocycles. The van der Waals surface area contributed by atoms with E-state index < -0.39 is 0 Å². The molecule has 1 saturated carbocycles. The number of para-hydroxylation sites is 1. The number of halogens is 1. The number of aromatic nitrogens is 1. The Bertz CT molecular complexity index is 1090. The summed E-state index contributed by atoms with van der Waals surface area (Å²) in [6, 6.07) is 8.57. The molecule has 1 saturated heterocycles. The molecule has 1 aliphatic carbocycles. The predicted octanol–water partition coefficient (Wildman–Crippen LogP) is 5.07. The second kappa shape index (κ2) is 11.4. The number of amides is 1. The number of carbonyl (C=O) groups excluding carboxylic acids is 1. The van der Waals surface area contributed by atoms with Crippen molar-refractivity contribution < 1.29 is 4.79 Å². The number of hydrogen-bond acceptors (Lipinski definition) is 4. The van der Waals surface area contributed by atoms with Crippen molar-refractivity contribution in [2.24, 2.45) is 11.7 Å². The molecule has 188 valence electrons. The van der Waals surface area contributed by atoms with Crippen LogP contribution in [0.1, 0.15) is 56.9 Å². The number of H-pyrrole nitrogens is 1. The lowest BCUT2D eigenvalue weighted by atomic mass is 9.80. The lowest BCUT2D eigenvalue weighted by Gasteiger charge is -2.39. The highest BCUT2D eigenvalue weighted by atomic mass is 35.5. The Morgan fingerprint density at radius 3 is 2.51 bits per heavy atom. The standard InChI is InChI=1S/C28H38ClN5O/c1-18(29)16-19(2)32-20(3)34-14-12-22(13-15-34)27(28(30)35)33-23-10-8-21(9-11-23)25-17-31-26-7-5-4-6-24(25)26/h4-7,16-17,21-23,27,31-33H,1,3,8-15H2,2H3,(H2,30,35)/b19-16+. The van der Waals surface area contributed by atoms with Crippen LogP contribution in [0.4, 0.5) is 0 Å². The van der Waals surface area contributed by atoms with Crippen LogP contribution in [0.3, 0.4) is 0 Å².